The minimum Gasteiger partial charge on any atom is -0.303 e. The maximum absolute atomic E-state index is 12.4. The van der Waals surface area contributed by atoms with E-state index in [0.717, 1.165) is 6.08 Å². The van der Waals surface area contributed by atoms with E-state index < -0.39 is 27.5 Å². The van der Waals surface area contributed by atoms with Crippen molar-refractivity contribution in [3.63, 3.8) is 0 Å². The summed E-state index contributed by atoms with van der Waals surface area (Å²) < 4.78 is 44.7. The Balaban J connectivity index is 3.23. The van der Waals surface area contributed by atoms with Gasteiger partial charge in [-0.2, -0.15) is 13.2 Å². The lowest BCUT2D eigenvalue weighted by Gasteiger charge is -2.20. The number of hydrogen-bond donors (Lipinski definition) is 0. The van der Waals surface area contributed by atoms with Gasteiger partial charge in [0, 0.05) is 17.1 Å². The molecule has 78 valence electrons. The predicted octanol–water partition coefficient (Wildman–Crippen LogP) is 3.19. The first-order valence-corrected chi connectivity index (χ1v) is 4.78. The Morgan fingerprint density at radius 2 is 2.14 bits per heavy atom. The Labute approximate surface area is 93.1 Å². The summed E-state index contributed by atoms with van der Waals surface area (Å²) >= 11 is 8.30. The van der Waals surface area contributed by atoms with Gasteiger partial charge >= 0.3 is 6.18 Å². The fourth-order valence-corrected chi connectivity index (χ4v) is 1.89. The number of carbonyl (C=O) groups is 1. The van der Waals surface area contributed by atoms with Gasteiger partial charge in [-0.25, -0.2) is 0 Å². The first-order valence-electron chi connectivity index (χ1n) is 3.99. The van der Waals surface area contributed by atoms with E-state index in [9.17, 15) is 18.0 Å². The Morgan fingerprint density at radius 3 is 2.57 bits per heavy atom. The smallest absolute Gasteiger partial charge is 0.303 e. The minimum atomic E-state index is -4.66. The van der Waals surface area contributed by atoms with E-state index in [1.807, 2.05) is 0 Å². The molecule has 1 rings (SSSR count). The zero-order valence-electron chi connectivity index (χ0n) is 7.61. The van der Waals surface area contributed by atoms with Gasteiger partial charge in [0.05, 0.1) is 5.57 Å². The molecule has 0 aliphatic heterocycles. The highest BCUT2D eigenvalue weighted by atomic mass is 79.9. The van der Waals surface area contributed by atoms with Crippen LogP contribution in [0.4, 0.5) is 13.2 Å². The Bertz CT molecular complexity index is 352. The molecule has 0 aromatic rings. The summed E-state index contributed by atoms with van der Waals surface area (Å²) in [6, 6.07) is 0. The molecule has 0 spiro atoms. The summed E-state index contributed by atoms with van der Waals surface area (Å²) in [6.07, 6.45) is -3.01. The summed E-state index contributed by atoms with van der Waals surface area (Å²) in [4.78, 5) is 9.71. The fourth-order valence-electron chi connectivity index (χ4n) is 0.946. The molecule has 1 aliphatic rings. The van der Waals surface area contributed by atoms with Crippen LogP contribution in [0, 0.1) is 5.89 Å². The maximum Gasteiger partial charge on any atom is 0.417 e. The van der Waals surface area contributed by atoms with E-state index in [0.29, 0.717) is 6.08 Å². The molecule has 0 heterocycles. The van der Waals surface area contributed by atoms with Crippen molar-refractivity contribution in [2.75, 3.05) is 0 Å². The largest absolute Gasteiger partial charge is 0.417 e. The van der Waals surface area contributed by atoms with Crippen LogP contribution in [0.5, 0.6) is 0 Å². The molecule has 2 unspecified atom stereocenters. The Morgan fingerprint density at radius 1 is 1.57 bits per heavy atom. The highest BCUT2D eigenvalue weighted by molar-refractivity contribution is 9.09. The molecule has 1 nitrogen and oxygen atoms in total. The van der Waals surface area contributed by atoms with Crippen LogP contribution in [0.2, 0.25) is 0 Å². The molecule has 2 atom stereocenters. The van der Waals surface area contributed by atoms with Crippen molar-refractivity contribution >= 4 is 33.8 Å². The van der Waals surface area contributed by atoms with Gasteiger partial charge < -0.3 is 4.79 Å². The van der Waals surface area contributed by atoms with Crippen LogP contribution in [-0.2, 0) is 4.79 Å². The number of alkyl halides is 4. The third-order valence-corrected chi connectivity index (χ3v) is 2.74. The molecule has 0 amide bonds. The molecule has 1 aliphatic carbocycles. The molecular formula is C8H5BrClF3O. The lowest BCUT2D eigenvalue weighted by molar-refractivity contribution is -0.110. The summed E-state index contributed by atoms with van der Waals surface area (Å²) in [7, 11) is 0. The molecule has 0 saturated heterocycles. The van der Waals surface area contributed by atoms with Crippen molar-refractivity contribution in [2.24, 2.45) is 5.89 Å². The molecule has 0 aromatic heterocycles. The fraction of sp³-hybridized carbons (Fsp3) is 0.375. The molecule has 0 bridgehead atoms. The number of allylic oxidation sites excluding steroid dienone is 4. The molecule has 0 radical (unpaired) electrons. The summed E-state index contributed by atoms with van der Waals surface area (Å²) in [6.45, 7) is 0. The normalized spacial score (nSPS) is 34.4. The van der Waals surface area contributed by atoms with Crippen LogP contribution < -0.4 is 0 Å². The van der Waals surface area contributed by atoms with Gasteiger partial charge in [-0.15, -0.1) is 0 Å². The van der Waals surface area contributed by atoms with Gasteiger partial charge in [0.1, 0.15) is 6.29 Å². The van der Waals surface area contributed by atoms with Crippen LogP contribution >= 0.6 is 27.5 Å². The summed E-state index contributed by atoms with van der Waals surface area (Å²) in [5, 5.41) is -0.505. The van der Waals surface area contributed by atoms with Gasteiger partial charge in [-0.05, 0) is 0 Å². The van der Waals surface area contributed by atoms with Crippen molar-refractivity contribution in [1.29, 1.82) is 0 Å². The zero-order valence-corrected chi connectivity index (χ0v) is 8.95. The van der Waals surface area contributed by atoms with Crippen molar-refractivity contribution in [3.05, 3.63) is 22.8 Å². The minimum absolute atomic E-state index is 0.137. The number of halogens is 5. The summed E-state index contributed by atoms with van der Waals surface area (Å²) in [5.74, 6) is -1.97. The second-order valence-electron chi connectivity index (χ2n) is 2.59. The van der Waals surface area contributed by atoms with Crippen LogP contribution in [0.15, 0.2) is 22.8 Å². The predicted molar refractivity (Wildman–Crippen MR) is 50.3 cm³/mol. The van der Waals surface area contributed by atoms with Crippen molar-refractivity contribution in [3.8, 4) is 0 Å². The highest BCUT2D eigenvalue weighted by Crippen LogP contribution is 2.38. The second kappa shape index (κ2) is 4.06. The van der Waals surface area contributed by atoms with Crippen LogP contribution in [-0.4, -0.2) is 17.3 Å². The van der Waals surface area contributed by atoms with Gasteiger partial charge in [0.15, 0.2) is 0 Å². The van der Waals surface area contributed by atoms with Crippen LogP contribution in [0.25, 0.3) is 0 Å². The van der Waals surface area contributed by atoms with Crippen molar-refractivity contribution < 1.29 is 19.3 Å². The molecule has 14 heavy (non-hydrogen) atoms. The molecule has 6 heteroatoms. The SMILES string of the molecule is [2H]C1(C=O)C=C(C(F)(F)F)C(Cl)=CC1Br. The van der Waals surface area contributed by atoms with Gasteiger partial charge in [0.2, 0.25) is 0 Å². The van der Waals surface area contributed by atoms with E-state index in [1.165, 1.54) is 0 Å². The zero-order chi connectivity index (χ0) is 11.9. The average molecular weight is 290 g/mol. The second-order valence-corrected chi connectivity index (χ2v) is 3.98. The Hall–Kier alpha value is -0.290. The lowest BCUT2D eigenvalue weighted by atomic mass is 9.97. The first kappa shape index (κ1) is 10.2. The highest BCUT2D eigenvalue weighted by Gasteiger charge is 2.38. The maximum atomic E-state index is 12.4. The van der Waals surface area contributed by atoms with E-state index in [-0.39, 0.29) is 6.29 Å². The standard InChI is InChI=1S/C8H5BrClF3O/c9-6-2-7(10)5(8(11,12)13)1-4(6)3-14/h1-4,6H/i4D. The number of hydrogen-bond acceptors (Lipinski definition) is 1. The van der Waals surface area contributed by atoms with E-state index in [4.69, 9.17) is 13.0 Å². The molecule has 0 aromatic carbocycles. The molecular weight excluding hydrogens is 284 g/mol. The molecule has 0 saturated carbocycles. The lowest BCUT2D eigenvalue weighted by Crippen LogP contribution is -2.22. The quantitative estimate of drug-likeness (QED) is 0.535. The third-order valence-electron chi connectivity index (χ3n) is 1.62. The monoisotopic (exact) mass is 289 g/mol. The Kier molecular flexibility index (Phi) is 2.97. The van der Waals surface area contributed by atoms with E-state index >= 15 is 0 Å². The molecule has 0 N–H and O–H groups in total. The number of rotatable bonds is 1. The van der Waals surface area contributed by atoms with E-state index in [2.05, 4.69) is 15.9 Å². The van der Waals surface area contributed by atoms with Crippen LogP contribution in [0.3, 0.4) is 0 Å². The average Bonchev–Trinajstić information content (AvgIpc) is 2.09. The van der Waals surface area contributed by atoms with Gasteiger partial charge in [-0.3, -0.25) is 0 Å². The van der Waals surface area contributed by atoms with Gasteiger partial charge in [0.25, 0.3) is 0 Å². The van der Waals surface area contributed by atoms with Crippen LogP contribution in [0.1, 0.15) is 1.37 Å². The molecule has 0 fully saturated rings. The number of aldehydes is 1. The topological polar surface area (TPSA) is 17.1 Å². The van der Waals surface area contributed by atoms with E-state index in [1.54, 1.807) is 0 Å². The van der Waals surface area contributed by atoms with Crippen molar-refractivity contribution in [2.45, 2.75) is 11.0 Å². The van der Waals surface area contributed by atoms with Crippen molar-refractivity contribution in [1.82, 2.24) is 0 Å². The first-order chi connectivity index (χ1) is 6.70. The summed E-state index contributed by atoms with van der Waals surface area (Å²) in [5.41, 5.74) is -1.15. The van der Waals surface area contributed by atoms with Gasteiger partial charge in [-0.1, -0.05) is 39.7 Å². The third kappa shape index (κ3) is 2.39. The number of carbonyl (C=O) groups excluding carboxylic acids is 1.